The van der Waals surface area contributed by atoms with Gasteiger partial charge in [0.2, 0.25) is 5.91 Å². The molecule has 2 aliphatic heterocycles. The number of likely N-dealkylation sites (N-methyl/N-ethyl adjacent to an activating group) is 1. The van der Waals surface area contributed by atoms with Crippen molar-refractivity contribution in [2.45, 2.75) is 12.8 Å². The second kappa shape index (κ2) is 5.61. The summed E-state index contributed by atoms with van der Waals surface area (Å²) < 4.78 is 1.01. The van der Waals surface area contributed by atoms with Crippen molar-refractivity contribution in [2.75, 3.05) is 25.0 Å². The Hall–Kier alpha value is -1.56. The summed E-state index contributed by atoms with van der Waals surface area (Å²) in [5.41, 5.74) is 2.14. The molecule has 0 spiro atoms. The van der Waals surface area contributed by atoms with Gasteiger partial charge in [0.05, 0.1) is 5.92 Å². The first-order chi connectivity index (χ1) is 9.00. The maximum absolute atomic E-state index is 11.6. The molecule has 5 nitrogen and oxygen atoms in total. The van der Waals surface area contributed by atoms with Crippen LogP contribution in [0.2, 0.25) is 0 Å². The van der Waals surface area contributed by atoms with E-state index in [9.17, 15) is 9.59 Å². The number of nitrogens with one attached hydrogen (secondary N) is 2. The fraction of sp³-hybridized carbons (Fsp3) is 0.385. The fourth-order valence-corrected chi connectivity index (χ4v) is 2.48. The summed E-state index contributed by atoms with van der Waals surface area (Å²) in [6.07, 6.45) is 0. The number of benzene rings is 1. The number of amides is 3. The van der Waals surface area contributed by atoms with E-state index in [1.165, 1.54) is 0 Å². The maximum atomic E-state index is 11.6. The van der Waals surface area contributed by atoms with E-state index in [1.807, 2.05) is 32.2 Å². The van der Waals surface area contributed by atoms with Crippen LogP contribution in [0.3, 0.4) is 0 Å². The monoisotopic (exact) mass is 325 g/mol. The summed E-state index contributed by atoms with van der Waals surface area (Å²) in [7, 11) is 1.82. The van der Waals surface area contributed by atoms with Crippen molar-refractivity contribution < 1.29 is 9.59 Å². The molecule has 1 aromatic carbocycles. The van der Waals surface area contributed by atoms with Gasteiger partial charge in [-0.2, -0.15) is 0 Å². The molecule has 3 amide bonds. The van der Waals surface area contributed by atoms with Crippen LogP contribution in [0, 0.1) is 0 Å². The first-order valence-corrected chi connectivity index (χ1v) is 6.88. The zero-order chi connectivity index (χ0) is 14.0. The normalized spacial score (nSPS) is 20.4. The molecule has 102 valence electrons. The summed E-state index contributed by atoms with van der Waals surface area (Å²) >= 11 is 3.39. The van der Waals surface area contributed by atoms with Crippen molar-refractivity contribution in [1.82, 2.24) is 10.6 Å². The Bertz CT molecular complexity index is 511. The summed E-state index contributed by atoms with van der Waals surface area (Å²) in [5.74, 6) is 0.182. The number of carbonyl (C=O) groups is 2. The second-order valence-corrected chi connectivity index (χ2v) is 5.42. The summed E-state index contributed by atoms with van der Waals surface area (Å²) in [6, 6.07) is 5.92. The van der Waals surface area contributed by atoms with Crippen LogP contribution in [0.25, 0.3) is 0 Å². The molecule has 1 aromatic rings. The molecule has 0 bridgehead atoms. The topological polar surface area (TPSA) is 61.4 Å². The number of rotatable bonds is 0. The van der Waals surface area contributed by atoms with Gasteiger partial charge in [0, 0.05) is 30.3 Å². The van der Waals surface area contributed by atoms with Crippen LogP contribution >= 0.6 is 15.9 Å². The van der Waals surface area contributed by atoms with Crippen LogP contribution < -0.4 is 15.5 Å². The number of hydrogen-bond donors (Lipinski definition) is 2. The first kappa shape index (κ1) is 13.9. The van der Waals surface area contributed by atoms with Gasteiger partial charge >= 0.3 is 6.03 Å². The Morgan fingerprint density at radius 3 is 2.42 bits per heavy atom. The zero-order valence-corrected chi connectivity index (χ0v) is 12.5. The quantitative estimate of drug-likeness (QED) is 0.764. The van der Waals surface area contributed by atoms with E-state index in [-0.39, 0.29) is 17.9 Å². The van der Waals surface area contributed by atoms with E-state index in [0.29, 0.717) is 0 Å². The predicted octanol–water partition coefficient (Wildman–Crippen LogP) is 1.83. The van der Waals surface area contributed by atoms with Gasteiger partial charge in [-0.1, -0.05) is 22.0 Å². The molecular formula is C13H16BrN3O2. The maximum Gasteiger partial charge on any atom is 0.314 e. The minimum Gasteiger partial charge on any atom is -0.336 e. The van der Waals surface area contributed by atoms with Crippen LogP contribution in [0.5, 0.6) is 0 Å². The number of anilines is 1. The van der Waals surface area contributed by atoms with Crippen molar-refractivity contribution in [3.8, 4) is 0 Å². The molecular weight excluding hydrogens is 310 g/mol. The highest BCUT2D eigenvalue weighted by Gasteiger charge is 2.31. The molecule has 0 aliphatic carbocycles. The highest BCUT2D eigenvalue weighted by molar-refractivity contribution is 9.10. The van der Waals surface area contributed by atoms with Gasteiger partial charge in [0.15, 0.2) is 0 Å². The number of urea groups is 1. The van der Waals surface area contributed by atoms with Gasteiger partial charge in [0.25, 0.3) is 0 Å². The van der Waals surface area contributed by atoms with Crippen molar-refractivity contribution in [1.29, 1.82) is 0 Å². The third-order valence-electron chi connectivity index (χ3n) is 3.22. The fourth-order valence-electron chi connectivity index (χ4n) is 2.13. The molecule has 19 heavy (non-hydrogen) atoms. The Kier molecular flexibility index (Phi) is 4.09. The molecule has 1 atom stereocenters. The van der Waals surface area contributed by atoms with Gasteiger partial charge in [-0.15, -0.1) is 0 Å². The van der Waals surface area contributed by atoms with E-state index in [0.717, 1.165) is 28.8 Å². The average Bonchev–Trinajstić information content (AvgIpc) is 2.94. The van der Waals surface area contributed by atoms with Gasteiger partial charge in [-0.25, -0.2) is 4.79 Å². The summed E-state index contributed by atoms with van der Waals surface area (Å²) in [6.45, 7) is 3.50. The van der Waals surface area contributed by atoms with Gasteiger partial charge in [-0.3, -0.25) is 4.79 Å². The lowest BCUT2D eigenvalue weighted by Crippen LogP contribution is -2.22. The van der Waals surface area contributed by atoms with Crippen LogP contribution in [0.15, 0.2) is 22.7 Å². The van der Waals surface area contributed by atoms with Crippen LogP contribution in [0.4, 0.5) is 10.5 Å². The van der Waals surface area contributed by atoms with Crippen molar-refractivity contribution in [3.05, 3.63) is 28.2 Å². The average molecular weight is 326 g/mol. The molecule has 6 heteroatoms. The van der Waals surface area contributed by atoms with Gasteiger partial charge in [0.1, 0.15) is 0 Å². The third-order valence-corrected chi connectivity index (χ3v) is 3.71. The van der Waals surface area contributed by atoms with Crippen molar-refractivity contribution >= 4 is 33.6 Å². The van der Waals surface area contributed by atoms with Gasteiger partial charge < -0.3 is 15.5 Å². The minimum absolute atomic E-state index is 0.00750. The van der Waals surface area contributed by atoms with Crippen LogP contribution in [-0.2, 0) is 4.79 Å². The smallest absolute Gasteiger partial charge is 0.314 e. The Morgan fingerprint density at radius 2 is 1.89 bits per heavy atom. The molecule has 0 saturated carbocycles. The molecule has 1 saturated heterocycles. The summed E-state index contributed by atoms with van der Waals surface area (Å²) in [5, 5.41) is 5.14. The van der Waals surface area contributed by atoms with E-state index in [4.69, 9.17) is 0 Å². The molecule has 2 aliphatic rings. The lowest BCUT2D eigenvalue weighted by Gasteiger charge is -2.09. The lowest BCUT2D eigenvalue weighted by atomic mass is 10.0. The molecule has 1 fully saturated rings. The van der Waals surface area contributed by atoms with E-state index >= 15 is 0 Å². The molecule has 1 unspecified atom stereocenters. The standard InChI is InChI=1S/C10H10BrNO.C3H6N2O/c1-6-8-4-3-7(11)5-9(8)12(2)10(6)13;6-3-4-1-2-5-3/h3-6H,1-2H3;1-2H2,(H2,4,5,6). The molecule has 3 rings (SSSR count). The number of nitrogens with zero attached hydrogens (tertiary/aromatic N) is 1. The molecule has 0 radical (unpaired) electrons. The lowest BCUT2D eigenvalue weighted by molar-refractivity contribution is -0.118. The van der Waals surface area contributed by atoms with E-state index in [2.05, 4.69) is 26.6 Å². The number of hydrogen-bond acceptors (Lipinski definition) is 2. The Morgan fingerprint density at radius 1 is 1.26 bits per heavy atom. The third kappa shape index (κ3) is 2.89. The largest absolute Gasteiger partial charge is 0.336 e. The highest BCUT2D eigenvalue weighted by atomic mass is 79.9. The van der Waals surface area contributed by atoms with Crippen molar-refractivity contribution in [3.63, 3.8) is 0 Å². The highest BCUT2D eigenvalue weighted by Crippen LogP contribution is 2.37. The van der Waals surface area contributed by atoms with E-state index < -0.39 is 0 Å². The zero-order valence-electron chi connectivity index (χ0n) is 10.9. The Balaban J connectivity index is 0.000000186. The molecule has 2 N–H and O–H groups in total. The number of fused-ring (bicyclic) bond motifs is 1. The predicted molar refractivity (Wildman–Crippen MR) is 77.4 cm³/mol. The van der Waals surface area contributed by atoms with Crippen LogP contribution in [-0.4, -0.2) is 32.1 Å². The summed E-state index contributed by atoms with van der Waals surface area (Å²) in [4.78, 5) is 23.3. The molecule has 2 heterocycles. The SMILES string of the molecule is CC1C(=O)N(C)c2cc(Br)ccc21.O=C1NCCN1. The Labute approximate surface area is 120 Å². The second-order valence-electron chi connectivity index (χ2n) is 4.50. The molecule has 0 aromatic heterocycles. The van der Waals surface area contributed by atoms with Crippen LogP contribution in [0.1, 0.15) is 18.4 Å². The van der Waals surface area contributed by atoms with Crippen molar-refractivity contribution in [2.24, 2.45) is 0 Å². The van der Waals surface area contributed by atoms with E-state index in [1.54, 1.807) is 4.90 Å². The number of carbonyl (C=O) groups excluding carboxylic acids is 2. The minimum atomic E-state index is -0.0463. The number of halogens is 1. The first-order valence-electron chi connectivity index (χ1n) is 6.09. The van der Waals surface area contributed by atoms with Gasteiger partial charge in [-0.05, 0) is 24.6 Å².